The quantitative estimate of drug-likeness (QED) is 0.781. The molecule has 0 bridgehead atoms. The van der Waals surface area contributed by atoms with Crippen molar-refractivity contribution in [1.29, 1.82) is 0 Å². The van der Waals surface area contributed by atoms with Crippen LogP contribution in [0.1, 0.15) is 5.56 Å². The van der Waals surface area contributed by atoms with Gasteiger partial charge in [0.25, 0.3) is 0 Å². The highest BCUT2D eigenvalue weighted by atomic mass is 79.9. The fourth-order valence-electron chi connectivity index (χ4n) is 1.54. The lowest BCUT2D eigenvalue weighted by molar-refractivity contribution is -0.111. The van der Waals surface area contributed by atoms with Crippen molar-refractivity contribution in [3.63, 3.8) is 0 Å². The van der Waals surface area contributed by atoms with Crippen LogP contribution in [0, 0.1) is 5.82 Å². The van der Waals surface area contributed by atoms with Gasteiger partial charge in [0.2, 0.25) is 5.91 Å². The van der Waals surface area contributed by atoms with E-state index in [0.717, 1.165) is 16.1 Å². The Morgan fingerprint density at radius 2 is 2.00 bits per heavy atom. The molecule has 0 aromatic heterocycles. The molecule has 5 heteroatoms. The molecular formula is C15H10BrClFNO. The molecule has 0 spiro atoms. The molecule has 2 nitrogen and oxygen atoms in total. The van der Waals surface area contributed by atoms with Crippen molar-refractivity contribution in [2.75, 3.05) is 5.32 Å². The van der Waals surface area contributed by atoms with E-state index in [1.54, 1.807) is 6.08 Å². The molecule has 102 valence electrons. The number of benzene rings is 2. The number of amides is 1. The molecule has 0 aliphatic rings. The zero-order valence-electron chi connectivity index (χ0n) is 10.2. The van der Waals surface area contributed by atoms with Gasteiger partial charge < -0.3 is 5.32 Å². The van der Waals surface area contributed by atoms with Gasteiger partial charge in [-0.2, -0.15) is 0 Å². The van der Waals surface area contributed by atoms with Crippen LogP contribution in [0.25, 0.3) is 6.08 Å². The molecule has 1 amide bonds. The van der Waals surface area contributed by atoms with Crippen molar-refractivity contribution in [3.05, 3.63) is 69.4 Å². The highest BCUT2D eigenvalue weighted by molar-refractivity contribution is 9.10. The molecule has 20 heavy (non-hydrogen) atoms. The van der Waals surface area contributed by atoms with E-state index < -0.39 is 5.82 Å². The van der Waals surface area contributed by atoms with E-state index in [0.29, 0.717) is 5.69 Å². The number of halogens is 3. The summed E-state index contributed by atoms with van der Waals surface area (Å²) >= 11 is 9.22. The second-order valence-electron chi connectivity index (χ2n) is 3.97. The lowest BCUT2D eigenvalue weighted by atomic mass is 10.2. The third-order valence-corrected chi connectivity index (χ3v) is 3.54. The number of anilines is 1. The molecule has 0 aliphatic carbocycles. The SMILES string of the molecule is O=C(/C=C/c1ccccc1Br)Nc1ccc(F)cc1Cl. The third kappa shape index (κ3) is 3.92. The van der Waals surface area contributed by atoms with Gasteiger partial charge in [0, 0.05) is 10.5 Å². The maximum atomic E-state index is 12.9. The van der Waals surface area contributed by atoms with Crippen molar-refractivity contribution in [1.82, 2.24) is 0 Å². The first-order chi connectivity index (χ1) is 9.56. The summed E-state index contributed by atoms with van der Waals surface area (Å²) in [6.45, 7) is 0. The van der Waals surface area contributed by atoms with E-state index in [1.165, 1.54) is 18.2 Å². The fourth-order valence-corrected chi connectivity index (χ4v) is 2.17. The first kappa shape index (κ1) is 14.8. The molecule has 0 saturated carbocycles. The predicted molar refractivity (Wildman–Crippen MR) is 83.2 cm³/mol. The Hall–Kier alpha value is -1.65. The Balaban J connectivity index is 2.08. The molecule has 2 aromatic carbocycles. The Bertz CT molecular complexity index is 673. The highest BCUT2D eigenvalue weighted by Crippen LogP contribution is 2.22. The van der Waals surface area contributed by atoms with Gasteiger partial charge >= 0.3 is 0 Å². The predicted octanol–water partition coefficient (Wildman–Crippen LogP) is 4.89. The van der Waals surface area contributed by atoms with Crippen molar-refractivity contribution < 1.29 is 9.18 Å². The molecular weight excluding hydrogens is 345 g/mol. The van der Waals surface area contributed by atoms with E-state index in [-0.39, 0.29) is 10.9 Å². The molecule has 0 aliphatic heterocycles. The Morgan fingerprint density at radius 3 is 2.70 bits per heavy atom. The lowest BCUT2D eigenvalue weighted by Crippen LogP contribution is -2.08. The van der Waals surface area contributed by atoms with Crippen LogP contribution in [0.15, 0.2) is 53.0 Å². The molecule has 0 radical (unpaired) electrons. The van der Waals surface area contributed by atoms with Gasteiger partial charge in [0.15, 0.2) is 0 Å². The smallest absolute Gasteiger partial charge is 0.248 e. The van der Waals surface area contributed by atoms with Crippen molar-refractivity contribution >= 4 is 45.2 Å². The fraction of sp³-hybridized carbons (Fsp3) is 0. The normalized spacial score (nSPS) is 10.8. The van der Waals surface area contributed by atoms with Crippen molar-refractivity contribution in [2.45, 2.75) is 0 Å². The summed E-state index contributed by atoms with van der Waals surface area (Å²) in [5.41, 5.74) is 1.25. The van der Waals surface area contributed by atoms with Gasteiger partial charge in [-0.1, -0.05) is 45.7 Å². The number of rotatable bonds is 3. The summed E-state index contributed by atoms with van der Waals surface area (Å²) in [5.74, 6) is -0.786. The van der Waals surface area contributed by atoms with Gasteiger partial charge in [0.1, 0.15) is 5.82 Å². The van der Waals surface area contributed by atoms with Crippen LogP contribution in [0.5, 0.6) is 0 Å². The minimum absolute atomic E-state index is 0.160. The van der Waals surface area contributed by atoms with E-state index in [1.807, 2.05) is 24.3 Å². The second kappa shape index (κ2) is 6.68. The third-order valence-electron chi connectivity index (χ3n) is 2.51. The Labute approximate surface area is 129 Å². The maximum Gasteiger partial charge on any atom is 0.248 e. The molecule has 0 unspecified atom stereocenters. The van der Waals surface area contributed by atoms with Crippen LogP contribution in [0.2, 0.25) is 5.02 Å². The Morgan fingerprint density at radius 1 is 1.25 bits per heavy atom. The molecule has 0 heterocycles. The van der Waals surface area contributed by atoms with E-state index >= 15 is 0 Å². The largest absolute Gasteiger partial charge is 0.321 e. The van der Waals surface area contributed by atoms with Crippen LogP contribution in [0.4, 0.5) is 10.1 Å². The lowest BCUT2D eigenvalue weighted by Gasteiger charge is -2.04. The van der Waals surface area contributed by atoms with Gasteiger partial charge in [-0.3, -0.25) is 4.79 Å². The first-order valence-electron chi connectivity index (χ1n) is 5.75. The van der Waals surface area contributed by atoms with Crippen LogP contribution in [-0.4, -0.2) is 5.91 Å². The number of nitrogens with one attached hydrogen (secondary N) is 1. The summed E-state index contributed by atoms with van der Waals surface area (Å²) in [5, 5.41) is 2.75. The summed E-state index contributed by atoms with van der Waals surface area (Å²) in [6, 6.07) is 11.3. The van der Waals surface area contributed by atoms with Crippen LogP contribution >= 0.6 is 27.5 Å². The van der Waals surface area contributed by atoms with Crippen LogP contribution in [-0.2, 0) is 4.79 Å². The molecule has 2 aromatic rings. The summed E-state index contributed by atoms with van der Waals surface area (Å²) < 4.78 is 13.8. The van der Waals surface area contributed by atoms with Gasteiger partial charge in [-0.15, -0.1) is 0 Å². The monoisotopic (exact) mass is 353 g/mol. The number of carbonyl (C=O) groups is 1. The topological polar surface area (TPSA) is 29.1 Å². The Kier molecular flexibility index (Phi) is 4.93. The zero-order chi connectivity index (χ0) is 14.5. The second-order valence-corrected chi connectivity index (χ2v) is 5.23. The van der Waals surface area contributed by atoms with Crippen molar-refractivity contribution in [2.24, 2.45) is 0 Å². The van der Waals surface area contributed by atoms with E-state index in [2.05, 4.69) is 21.2 Å². The van der Waals surface area contributed by atoms with Gasteiger partial charge in [-0.25, -0.2) is 4.39 Å². The number of carbonyl (C=O) groups excluding carboxylic acids is 1. The number of hydrogen-bond donors (Lipinski definition) is 1. The zero-order valence-corrected chi connectivity index (χ0v) is 12.6. The van der Waals surface area contributed by atoms with Gasteiger partial charge in [-0.05, 0) is 35.9 Å². The minimum Gasteiger partial charge on any atom is -0.321 e. The molecule has 2 rings (SSSR count). The van der Waals surface area contributed by atoms with Crippen LogP contribution < -0.4 is 5.32 Å². The average molecular weight is 355 g/mol. The van der Waals surface area contributed by atoms with E-state index in [4.69, 9.17) is 11.6 Å². The number of hydrogen-bond acceptors (Lipinski definition) is 1. The molecule has 0 atom stereocenters. The maximum absolute atomic E-state index is 12.9. The van der Waals surface area contributed by atoms with Gasteiger partial charge in [0.05, 0.1) is 10.7 Å². The average Bonchev–Trinajstić information content (AvgIpc) is 2.41. The highest BCUT2D eigenvalue weighted by Gasteiger charge is 2.04. The minimum atomic E-state index is -0.447. The molecule has 0 fully saturated rings. The first-order valence-corrected chi connectivity index (χ1v) is 6.92. The van der Waals surface area contributed by atoms with Crippen molar-refractivity contribution in [3.8, 4) is 0 Å². The molecule has 0 saturated heterocycles. The summed E-state index contributed by atoms with van der Waals surface area (Å²) in [6.07, 6.45) is 3.07. The van der Waals surface area contributed by atoms with Crippen LogP contribution in [0.3, 0.4) is 0 Å². The summed E-state index contributed by atoms with van der Waals surface area (Å²) in [7, 11) is 0. The standard InChI is InChI=1S/C15H10BrClFNO/c16-12-4-2-1-3-10(12)5-8-15(20)19-14-7-6-11(18)9-13(14)17/h1-9H,(H,19,20)/b8-5+. The summed E-state index contributed by atoms with van der Waals surface area (Å²) in [4.78, 5) is 11.8. The molecule has 1 N–H and O–H groups in total. The van der Waals surface area contributed by atoms with E-state index in [9.17, 15) is 9.18 Å².